The normalized spacial score (nSPS) is 19.0. The summed E-state index contributed by atoms with van der Waals surface area (Å²) in [5.41, 5.74) is 1.11. The summed E-state index contributed by atoms with van der Waals surface area (Å²) >= 11 is 0. The van der Waals surface area contributed by atoms with Crippen molar-refractivity contribution >= 4 is 17.4 Å². The zero-order valence-electron chi connectivity index (χ0n) is 14.3. The summed E-state index contributed by atoms with van der Waals surface area (Å²) in [5.74, 6) is -1.13. The van der Waals surface area contributed by atoms with E-state index >= 15 is 0 Å². The number of hydrogen-bond donors (Lipinski definition) is 2. The molecule has 6 heteroatoms. The highest BCUT2D eigenvalue weighted by Gasteiger charge is 2.45. The number of amides is 1. The maximum atomic E-state index is 12.6. The van der Waals surface area contributed by atoms with Crippen LogP contribution in [0.3, 0.4) is 0 Å². The van der Waals surface area contributed by atoms with Gasteiger partial charge in [-0.05, 0) is 29.8 Å². The highest BCUT2D eigenvalue weighted by atomic mass is 16.5. The molecule has 0 saturated carbocycles. The molecule has 1 amide bonds. The number of aliphatic hydroxyl groups is 2. The van der Waals surface area contributed by atoms with Gasteiger partial charge in [0.2, 0.25) is 0 Å². The molecule has 1 atom stereocenters. The first kappa shape index (κ1) is 17.7. The van der Waals surface area contributed by atoms with Crippen molar-refractivity contribution in [2.45, 2.75) is 6.04 Å². The summed E-state index contributed by atoms with van der Waals surface area (Å²) in [4.78, 5) is 26.3. The molecule has 0 radical (unpaired) electrons. The van der Waals surface area contributed by atoms with Crippen molar-refractivity contribution in [3.63, 3.8) is 0 Å². The van der Waals surface area contributed by atoms with Crippen molar-refractivity contribution < 1.29 is 24.5 Å². The molecule has 1 aliphatic heterocycles. The first-order valence-corrected chi connectivity index (χ1v) is 8.17. The number of carbonyl (C=O) groups is 2. The second-order valence-corrected chi connectivity index (χ2v) is 5.86. The van der Waals surface area contributed by atoms with E-state index in [0.29, 0.717) is 16.9 Å². The highest BCUT2D eigenvalue weighted by molar-refractivity contribution is 6.46. The van der Waals surface area contributed by atoms with Gasteiger partial charge in [-0.15, -0.1) is 0 Å². The molecule has 1 aliphatic rings. The summed E-state index contributed by atoms with van der Waals surface area (Å²) in [6, 6.07) is 14.8. The number of nitrogens with zero attached hydrogens (tertiary/aromatic N) is 1. The smallest absolute Gasteiger partial charge is 0.295 e. The lowest BCUT2D eigenvalue weighted by atomic mass is 9.95. The van der Waals surface area contributed by atoms with E-state index in [0.717, 1.165) is 0 Å². The number of β-amino-alcohol motifs (C(OH)–C–C–N with tert-alkyl or cyclic N) is 1. The minimum Gasteiger partial charge on any atom is -0.507 e. The summed E-state index contributed by atoms with van der Waals surface area (Å²) in [6.45, 7) is -0.275. The van der Waals surface area contributed by atoms with Crippen LogP contribution in [0, 0.1) is 0 Å². The van der Waals surface area contributed by atoms with E-state index in [9.17, 15) is 19.8 Å². The molecular formula is C20H19NO5. The van der Waals surface area contributed by atoms with Gasteiger partial charge in [0.05, 0.1) is 25.3 Å². The third kappa shape index (κ3) is 3.07. The first-order valence-electron chi connectivity index (χ1n) is 8.17. The van der Waals surface area contributed by atoms with Gasteiger partial charge in [0.1, 0.15) is 11.5 Å². The molecule has 0 unspecified atom stereocenters. The lowest BCUT2D eigenvalue weighted by Crippen LogP contribution is -2.32. The van der Waals surface area contributed by atoms with E-state index in [-0.39, 0.29) is 24.5 Å². The molecule has 0 aromatic heterocycles. The minimum absolute atomic E-state index is 0.00350. The lowest BCUT2D eigenvalue weighted by Gasteiger charge is -2.24. The zero-order valence-corrected chi connectivity index (χ0v) is 14.3. The van der Waals surface area contributed by atoms with Crippen molar-refractivity contribution in [1.82, 2.24) is 4.90 Å². The number of likely N-dealkylation sites (tertiary alicyclic amines) is 1. The Morgan fingerprint density at radius 2 is 1.73 bits per heavy atom. The van der Waals surface area contributed by atoms with E-state index < -0.39 is 17.7 Å². The Balaban J connectivity index is 2.14. The topological polar surface area (TPSA) is 87.1 Å². The van der Waals surface area contributed by atoms with Crippen molar-refractivity contribution in [1.29, 1.82) is 0 Å². The van der Waals surface area contributed by atoms with Gasteiger partial charge in [0, 0.05) is 12.1 Å². The average Bonchev–Trinajstić information content (AvgIpc) is 2.93. The lowest BCUT2D eigenvalue weighted by molar-refractivity contribution is -0.140. The van der Waals surface area contributed by atoms with E-state index in [4.69, 9.17) is 4.74 Å². The van der Waals surface area contributed by atoms with Gasteiger partial charge in [-0.3, -0.25) is 9.59 Å². The molecule has 0 bridgehead atoms. The standard InChI is InChI=1S/C20H19NO5/c1-26-15-9-7-14(8-10-15)18(23)16-17(13-5-3-2-4-6-13)21(11-12-22)20(25)19(16)24/h2-10,17,22-23H,11-12H2,1H3/b18-16+/t17-/m0/s1. The Bertz CT molecular complexity index is 842. The molecule has 2 N–H and O–H groups in total. The van der Waals surface area contributed by atoms with Crippen molar-refractivity contribution in [3.8, 4) is 5.75 Å². The van der Waals surface area contributed by atoms with Crippen LogP contribution in [0.2, 0.25) is 0 Å². The van der Waals surface area contributed by atoms with Crippen LogP contribution in [0.1, 0.15) is 17.2 Å². The molecule has 0 spiro atoms. The van der Waals surface area contributed by atoms with Gasteiger partial charge in [0.15, 0.2) is 0 Å². The summed E-state index contributed by atoms with van der Waals surface area (Å²) < 4.78 is 5.10. The molecule has 1 saturated heterocycles. The molecule has 3 rings (SSSR count). The fourth-order valence-corrected chi connectivity index (χ4v) is 3.10. The predicted octanol–water partition coefficient (Wildman–Crippen LogP) is 2.11. The summed E-state index contributed by atoms with van der Waals surface area (Å²) in [5, 5.41) is 20.1. The molecule has 2 aromatic rings. The number of methoxy groups -OCH3 is 1. The molecule has 0 aliphatic carbocycles. The molecule has 1 heterocycles. The van der Waals surface area contributed by atoms with Crippen LogP contribution >= 0.6 is 0 Å². The molecule has 6 nitrogen and oxygen atoms in total. The second kappa shape index (κ2) is 7.41. The third-order valence-corrected chi connectivity index (χ3v) is 4.36. The number of carbonyl (C=O) groups excluding carboxylic acids is 2. The van der Waals surface area contributed by atoms with Crippen LogP contribution in [0.5, 0.6) is 5.75 Å². The predicted molar refractivity (Wildman–Crippen MR) is 95.5 cm³/mol. The van der Waals surface area contributed by atoms with Gasteiger partial charge in [-0.2, -0.15) is 0 Å². The average molecular weight is 353 g/mol. The summed E-state index contributed by atoms with van der Waals surface area (Å²) in [7, 11) is 1.53. The Morgan fingerprint density at radius 3 is 2.31 bits per heavy atom. The first-order chi connectivity index (χ1) is 12.6. The van der Waals surface area contributed by atoms with E-state index in [1.54, 1.807) is 48.5 Å². The maximum absolute atomic E-state index is 12.6. The number of hydrogen-bond acceptors (Lipinski definition) is 5. The van der Waals surface area contributed by atoms with Crippen molar-refractivity contribution in [2.75, 3.05) is 20.3 Å². The molecule has 1 fully saturated rings. The fraction of sp³-hybridized carbons (Fsp3) is 0.200. The van der Waals surface area contributed by atoms with Gasteiger partial charge in [0.25, 0.3) is 11.7 Å². The Morgan fingerprint density at radius 1 is 1.08 bits per heavy atom. The van der Waals surface area contributed by atoms with Crippen molar-refractivity contribution in [3.05, 3.63) is 71.3 Å². The van der Waals surface area contributed by atoms with Crippen LogP contribution in [0.15, 0.2) is 60.2 Å². The number of rotatable bonds is 5. The second-order valence-electron chi connectivity index (χ2n) is 5.86. The number of Topliss-reactive ketones (excluding diaryl/α,β-unsaturated/α-hetero) is 1. The number of ether oxygens (including phenoxy) is 1. The molecular weight excluding hydrogens is 334 g/mol. The monoisotopic (exact) mass is 353 g/mol. The number of benzene rings is 2. The van der Waals surface area contributed by atoms with E-state index in [1.165, 1.54) is 12.0 Å². The quantitative estimate of drug-likeness (QED) is 0.488. The Kier molecular flexibility index (Phi) is 5.04. The van der Waals surface area contributed by atoms with Crippen LogP contribution in [-0.4, -0.2) is 47.1 Å². The van der Waals surface area contributed by atoms with Crippen molar-refractivity contribution in [2.24, 2.45) is 0 Å². The fourth-order valence-electron chi connectivity index (χ4n) is 3.10. The molecule has 26 heavy (non-hydrogen) atoms. The van der Waals surface area contributed by atoms with E-state index in [2.05, 4.69) is 0 Å². The van der Waals surface area contributed by atoms with Gasteiger partial charge < -0.3 is 19.8 Å². The van der Waals surface area contributed by atoms with Crippen LogP contribution in [0.25, 0.3) is 5.76 Å². The van der Waals surface area contributed by atoms with Gasteiger partial charge in [-0.1, -0.05) is 30.3 Å². The molecule has 2 aromatic carbocycles. The highest BCUT2D eigenvalue weighted by Crippen LogP contribution is 2.39. The van der Waals surface area contributed by atoms with Gasteiger partial charge in [-0.25, -0.2) is 0 Å². The Hall–Kier alpha value is -3.12. The Labute approximate surface area is 150 Å². The largest absolute Gasteiger partial charge is 0.507 e. The summed E-state index contributed by atoms with van der Waals surface area (Å²) in [6.07, 6.45) is 0. The molecule has 134 valence electrons. The maximum Gasteiger partial charge on any atom is 0.295 e. The van der Waals surface area contributed by atoms with Gasteiger partial charge >= 0.3 is 0 Å². The van der Waals surface area contributed by atoms with E-state index in [1.807, 2.05) is 6.07 Å². The minimum atomic E-state index is -0.763. The van der Waals surface area contributed by atoms with Crippen LogP contribution in [0.4, 0.5) is 0 Å². The zero-order chi connectivity index (χ0) is 18.7. The van der Waals surface area contributed by atoms with Crippen LogP contribution in [-0.2, 0) is 9.59 Å². The van der Waals surface area contributed by atoms with Crippen LogP contribution < -0.4 is 4.74 Å². The number of ketones is 1. The third-order valence-electron chi connectivity index (χ3n) is 4.36. The SMILES string of the molecule is COc1ccc(/C(O)=C2\C(=O)C(=O)N(CCO)[C@H]2c2ccccc2)cc1. The number of aliphatic hydroxyl groups excluding tert-OH is 2.